The number of halogens is 1. The number of aromatic nitrogens is 1. The number of allylic oxidation sites excluding steroid dienone is 2. The predicted octanol–water partition coefficient (Wildman–Crippen LogP) is 4.30. The van der Waals surface area contributed by atoms with E-state index in [9.17, 15) is 19.2 Å². The van der Waals surface area contributed by atoms with E-state index in [1.165, 1.54) is 41.8 Å². The van der Waals surface area contributed by atoms with Crippen LogP contribution in [0.1, 0.15) is 51.7 Å². The molecule has 1 fully saturated rings. The monoisotopic (exact) mass is 793 g/mol. The van der Waals surface area contributed by atoms with Crippen molar-refractivity contribution in [3.05, 3.63) is 39.5 Å². The van der Waals surface area contributed by atoms with Gasteiger partial charge in [-0.3, -0.25) is 14.5 Å². The zero-order valence-electron chi connectivity index (χ0n) is 25.0. The number of aryl methyl sites for hydroxylation is 1. The Balaban J connectivity index is 0.00000462. The molecule has 2 aliphatic heterocycles. The van der Waals surface area contributed by atoms with Gasteiger partial charge in [-0.25, -0.2) is 14.6 Å². The van der Waals surface area contributed by atoms with Gasteiger partial charge in [0.05, 0.1) is 16.3 Å². The third kappa shape index (κ3) is 10.2. The summed E-state index contributed by atoms with van der Waals surface area (Å²) in [4.78, 5) is 63.9. The molecule has 1 aromatic rings. The number of oxime groups is 1. The first-order valence-corrected chi connectivity index (χ1v) is 17.8. The Hall–Kier alpha value is -1.12. The van der Waals surface area contributed by atoms with E-state index in [-0.39, 0.29) is 56.4 Å². The van der Waals surface area contributed by atoms with E-state index in [1.807, 2.05) is 12.2 Å². The van der Waals surface area contributed by atoms with E-state index in [4.69, 9.17) is 21.7 Å². The molecule has 0 N–H and O–H groups in total. The minimum absolute atomic E-state index is 0. The van der Waals surface area contributed by atoms with Gasteiger partial charge in [-0.2, -0.15) is 0 Å². The maximum atomic E-state index is 13.6. The summed E-state index contributed by atoms with van der Waals surface area (Å²) in [7, 11) is 4.26. The van der Waals surface area contributed by atoms with Gasteiger partial charge in [0.1, 0.15) is 17.0 Å². The second-order valence-corrected chi connectivity index (χ2v) is 15.1. The Morgan fingerprint density at radius 1 is 1.28 bits per heavy atom. The first kappa shape index (κ1) is 39.9. The molecule has 17 heteroatoms. The maximum absolute atomic E-state index is 13.6. The topological polar surface area (TPSA) is 124 Å². The molecule has 3 atom stereocenters. The first-order chi connectivity index (χ1) is 19.1. The number of carbonyl (C=O) groups is 4. The summed E-state index contributed by atoms with van der Waals surface area (Å²) in [6.45, 7) is 11.6. The van der Waals surface area contributed by atoms with E-state index >= 15 is 0 Å². The molecule has 3 rings (SSSR count). The number of fused-ring (bicyclic) bond motifs is 1. The maximum Gasteiger partial charge on any atom is 0.357 e. The van der Waals surface area contributed by atoms with Crippen LogP contribution in [0.4, 0.5) is 0 Å². The number of thioether (sulfide) groups is 1. The smallest absolute Gasteiger partial charge is 0.357 e. The van der Waals surface area contributed by atoms with Gasteiger partial charge in [-0.1, -0.05) is 39.9 Å². The minimum Gasteiger partial charge on any atom is -0.457 e. The molecule has 0 aromatic carbocycles. The van der Waals surface area contributed by atoms with Gasteiger partial charge in [-0.15, -0.1) is 23.1 Å². The van der Waals surface area contributed by atoms with Crippen LogP contribution >= 0.6 is 53.7 Å². The molecule has 1 amide bonds. The van der Waals surface area contributed by atoms with Crippen molar-refractivity contribution in [1.29, 1.82) is 0 Å². The Labute approximate surface area is 290 Å². The molecule has 2 aliphatic rings. The molecule has 1 saturated heterocycles. The van der Waals surface area contributed by atoms with Crippen LogP contribution in [0, 0.1) is 12.8 Å². The standard InChI is InChI=1S/C26H32BIN3O7PS2.B.V/c1-14-29-17(13-40-14)19(30-38-26(5,6)24(35)36-25(2,3)4)18(32)11-16-21(33)31-20(23(34)37-39(7)27)15(9-8-10-28)12-41-22(16)31;;/h8-9,13,16,22H,10-12H2,1-7H3;;/b9-8+,30-19-;;/t16-,22?,39?;;/m1../s1. The zero-order chi connectivity index (χ0) is 30.7. The van der Waals surface area contributed by atoms with Crippen molar-refractivity contribution < 1.29 is 51.8 Å². The summed E-state index contributed by atoms with van der Waals surface area (Å²) in [5.74, 6) is -2.39. The third-order valence-electron chi connectivity index (χ3n) is 5.72. The Morgan fingerprint density at radius 2 is 1.93 bits per heavy atom. The number of hydrogen-bond donors (Lipinski definition) is 0. The molecule has 43 heavy (non-hydrogen) atoms. The van der Waals surface area contributed by atoms with Crippen LogP contribution in [-0.2, 0) is 51.8 Å². The van der Waals surface area contributed by atoms with Crippen LogP contribution in [0.5, 0.6) is 0 Å². The number of ketones is 1. The van der Waals surface area contributed by atoms with Gasteiger partial charge >= 0.3 is 11.9 Å². The fourth-order valence-electron chi connectivity index (χ4n) is 3.86. The Kier molecular flexibility index (Phi) is 15.3. The summed E-state index contributed by atoms with van der Waals surface area (Å²) in [6.07, 6.45) is 3.52. The molecule has 6 radical (unpaired) electrons. The van der Waals surface area contributed by atoms with E-state index in [2.05, 4.69) is 32.7 Å². The number of nitrogens with zero attached hydrogens (tertiary/aromatic N) is 3. The fourth-order valence-corrected chi connectivity index (χ4v) is 6.45. The fraction of sp³-hybridized carbons (Fsp3) is 0.538. The normalized spacial score (nSPS) is 19.5. The molecule has 2 unspecified atom stereocenters. The van der Waals surface area contributed by atoms with Crippen LogP contribution in [0.15, 0.2) is 34.0 Å². The molecule has 0 saturated carbocycles. The van der Waals surface area contributed by atoms with Crippen molar-refractivity contribution in [2.45, 2.75) is 64.5 Å². The number of β-lactam (4-membered cyclic amide) rings is 1. The van der Waals surface area contributed by atoms with Crippen molar-refractivity contribution in [2.24, 2.45) is 11.1 Å². The molecule has 0 spiro atoms. The summed E-state index contributed by atoms with van der Waals surface area (Å²) in [5.41, 5.74) is -1.22. The molecule has 3 heterocycles. The number of carbonyl (C=O) groups excluding carboxylic acids is 4. The van der Waals surface area contributed by atoms with E-state index < -0.39 is 48.2 Å². The van der Waals surface area contributed by atoms with Crippen LogP contribution < -0.4 is 0 Å². The Morgan fingerprint density at radius 3 is 2.47 bits per heavy atom. The number of hydrogen-bond acceptors (Lipinski definition) is 11. The quantitative estimate of drug-likeness (QED) is 0.0472. The van der Waals surface area contributed by atoms with Crippen LogP contribution in [0.2, 0.25) is 0 Å². The van der Waals surface area contributed by atoms with Crippen LogP contribution in [-0.4, -0.2) is 88.6 Å². The number of amides is 1. The summed E-state index contributed by atoms with van der Waals surface area (Å²) in [6, 6.07) is 0. The largest absolute Gasteiger partial charge is 0.457 e. The van der Waals surface area contributed by atoms with Crippen molar-refractivity contribution in [3.8, 4) is 0 Å². The number of esters is 1. The van der Waals surface area contributed by atoms with E-state index in [0.29, 0.717) is 16.3 Å². The molecular formula is C26H32B2IN3O7PS2V. The number of Topliss-reactive ketones (excluding diaryl/α,β-unsaturated/α-hetero) is 1. The Bertz CT molecular complexity index is 1320. The van der Waals surface area contributed by atoms with Gasteiger partial charge in [-0.05, 0) is 53.8 Å². The molecular weight excluding hydrogens is 761 g/mol. The van der Waals surface area contributed by atoms with Crippen LogP contribution in [0.3, 0.4) is 0 Å². The summed E-state index contributed by atoms with van der Waals surface area (Å²) in [5, 5.41) is 6.00. The zero-order valence-corrected chi connectivity index (χ0v) is 31.0. The number of rotatable bonds is 11. The number of alkyl halides is 1. The van der Waals surface area contributed by atoms with Crippen molar-refractivity contribution in [1.82, 2.24) is 9.88 Å². The average molecular weight is 793 g/mol. The van der Waals surface area contributed by atoms with Crippen molar-refractivity contribution >= 4 is 99.0 Å². The van der Waals surface area contributed by atoms with E-state index in [0.717, 1.165) is 4.43 Å². The van der Waals surface area contributed by atoms with Gasteiger partial charge in [0, 0.05) is 57.0 Å². The van der Waals surface area contributed by atoms with Gasteiger partial charge in [0.25, 0.3) is 0 Å². The van der Waals surface area contributed by atoms with Gasteiger partial charge < -0.3 is 14.1 Å². The van der Waals surface area contributed by atoms with Gasteiger partial charge in [0.15, 0.2) is 19.1 Å². The molecule has 228 valence electrons. The average Bonchev–Trinajstić information content (AvgIpc) is 3.29. The number of thiazole rings is 1. The van der Waals surface area contributed by atoms with Crippen molar-refractivity contribution in [2.75, 3.05) is 16.8 Å². The second kappa shape index (κ2) is 16.4. The molecule has 10 nitrogen and oxygen atoms in total. The minimum atomic E-state index is -1.49. The predicted molar refractivity (Wildman–Crippen MR) is 176 cm³/mol. The second-order valence-electron chi connectivity index (χ2n) is 10.8. The summed E-state index contributed by atoms with van der Waals surface area (Å²) >= 11 is 4.98. The SMILES string of the molecule is [B].[B]P(C)OC(=O)C1=C(/C=C/CI)CSC2[C@H](CC(=O)/C(=N\OC(C)(C)C(=O)OC(C)(C)C)c3csc(C)n3)C(=O)N12.[V]. The van der Waals surface area contributed by atoms with Crippen LogP contribution in [0.25, 0.3) is 0 Å². The third-order valence-corrected chi connectivity index (χ3v) is 8.82. The first-order valence-electron chi connectivity index (χ1n) is 12.6. The van der Waals surface area contributed by atoms with Gasteiger partial charge in [0.2, 0.25) is 11.5 Å². The summed E-state index contributed by atoms with van der Waals surface area (Å²) < 4.78 is 11.4. The molecule has 0 bridgehead atoms. The molecule has 1 aromatic heterocycles. The number of ether oxygens (including phenoxy) is 1. The van der Waals surface area contributed by atoms with E-state index in [1.54, 1.807) is 39.7 Å². The molecule has 0 aliphatic carbocycles. The van der Waals surface area contributed by atoms with Crippen molar-refractivity contribution in [3.63, 3.8) is 0 Å².